The summed E-state index contributed by atoms with van der Waals surface area (Å²) >= 11 is 0. The maximum Gasteiger partial charge on any atom is 0.243 e. The first kappa shape index (κ1) is 11.3. The van der Waals surface area contributed by atoms with E-state index in [2.05, 4.69) is 0 Å². The SMILES string of the molecule is CC(C)(C[C@@H](N)C(N)=O)C(F)F. The summed E-state index contributed by atoms with van der Waals surface area (Å²) in [6.07, 6.45) is -2.59. The van der Waals surface area contributed by atoms with Crippen LogP contribution in [-0.4, -0.2) is 18.4 Å². The van der Waals surface area contributed by atoms with E-state index in [9.17, 15) is 13.6 Å². The molecule has 0 aromatic heterocycles. The summed E-state index contributed by atoms with van der Waals surface area (Å²) in [6.45, 7) is 2.70. The van der Waals surface area contributed by atoms with Crippen LogP contribution in [0.15, 0.2) is 0 Å². The third-order valence-electron chi connectivity index (χ3n) is 1.70. The van der Waals surface area contributed by atoms with Crippen molar-refractivity contribution in [2.45, 2.75) is 32.7 Å². The number of rotatable bonds is 4. The maximum atomic E-state index is 12.2. The molecule has 0 radical (unpaired) electrons. The quantitative estimate of drug-likeness (QED) is 0.660. The average Bonchev–Trinajstić information content (AvgIpc) is 1.85. The normalized spacial score (nSPS) is 14.8. The summed E-state index contributed by atoms with van der Waals surface area (Å²) in [4.78, 5) is 10.5. The van der Waals surface area contributed by atoms with Crippen molar-refractivity contribution in [2.24, 2.45) is 16.9 Å². The van der Waals surface area contributed by atoms with E-state index in [4.69, 9.17) is 11.5 Å². The maximum absolute atomic E-state index is 12.2. The van der Waals surface area contributed by atoms with Crippen molar-refractivity contribution in [1.29, 1.82) is 0 Å². The van der Waals surface area contributed by atoms with Crippen LogP contribution >= 0.6 is 0 Å². The van der Waals surface area contributed by atoms with E-state index in [0.29, 0.717) is 0 Å². The molecule has 3 nitrogen and oxygen atoms in total. The molecule has 12 heavy (non-hydrogen) atoms. The lowest BCUT2D eigenvalue weighted by Crippen LogP contribution is -2.41. The number of amides is 1. The van der Waals surface area contributed by atoms with Gasteiger partial charge < -0.3 is 11.5 Å². The van der Waals surface area contributed by atoms with E-state index >= 15 is 0 Å². The van der Waals surface area contributed by atoms with Crippen molar-refractivity contribution in [3.63, 3.8) is 0 Å². The Morgan fingerprint density at radius 2 is 1.92 bits per heavy atom. The van der Waals surface area contributed by atoms with Crippen LogP contribution in [-0.2, 0) is 4.79 Å². The lowest BCUT2D eigenvalue weighted by Gasteiger charge is -2.25. The topological polar surface area (TPSA) is 69.1 Å². The molecule has 0 aliphatic carbocycles. The second-order valence-corrected chi connectivity index (χ2v) is 3.50. The van der Waals surface area contributed by atoms with Gasteiger partial charge in [0.2, 0.25) is 12.3 Å². The van der Waals surface area contributed by atoms with Gasteiger partial charge in [0.15, 0.2) is 0 Å². The Bertz CT molecular complexity index is 171. The van der Waals surface area contributed by atoms with Crippen LogP contribution in [0.1, 0.15) is 20.3 Å². The van der Waals surface area contributed by atoms with Crippen molar-refractivity contribution in [1.82, 2.24) is 0 Å². The molecule has 1 amide bonds. The molecule has 72 valence electrons. The highest BCUT2D eigenvalue weighted by Gasteiger charge is 2.32. The van der Waals surface area contributed by atoms with Gasteiger partial charge in [-0.2, -0.15) is 0 Å². The number of halogens is 2. The van der Waals surface area contributed by atoms with Gasteiger partial charge in [-0.25, -0.2) is 8.78 Å². The van der Waals surface area contributed by atoms with Gasteiger partial charge in [0.25, 0.3) is 0 Å². The fourth-order valence-corrected chi connectivity index (χ4v) is 0.756. The van der Waals surface area contributed by atoms with Gasteiger partial charge in [0.1, 0.15) is 0 Å². The van der Waals surface area contributed by atoms with E-state index in [1.165, 1.54) is 13.8 Å². The predicted octanol–water partition coefficient (Wildman–Crippen LogP) is 0.480. The zero-order chi connectivity index (χ0) is 9.94. The number of alkyl halides is 2. The molecule has 0 saturated carbocycles. The van der Waals surface area contributed by atoms with E-state index in [0.717, 1.165) is 0 Å². The third-order valence-corrected chi connectivity index (χ3v) is 1.70. The van der Waals surface area contributed by atoms with Crippen LogP contribution < -0.4 is 11.5 Å². The Hall–Kier alpha value is -0.710. The van der Waals surface area contributed by atoms with Gasteiger partial charge in [-0.3, -0.25) is 4.79 Å². The number of carbonyl (C=O) groups excluding carboxylic acids is 1. The van der Waals surface area contributed by atoms with Gasteiger partial charge in [0, 0.05) is 5.41 Å². The molecular weight excluding hydrogens is 166 g/mol. The summed E-state index contributed by atoms with van der Waals surface area (Å²) in [5.74, 6) is -0.747. The van der Waals surface area contributed by atoms with E-state index < -0.39 is 23.8 Å². The Morgan fingerprint density at radius 3 is 2.17 bits per heavy atom. The summed E-state index contributed by atoms with van der Waals surface area (Å²) in [5.41, 5.74) is 8.81. The van der Waals surface area contributed by atoms with Gasteiger partial charge in [-0.15, -0.1) is 0 Å². The smallest absolute Gasteiger partial charge is 0.243 e. The first-order chi connectivity index (χ1) is 5.27. The fourth-order valence-electron chi connectivity index (χ4n) is 0.756. The summed E-state index contributed by atoms with van der Waals surface area (Å²) in [6, 6.07) is -0.992. The summed E-state index contributed by atoms with van der Waals surface area (Å²) in [5, 5.41) is 0. The zero-order valence-corrected chi connectivity index (χ0v) is 7.18. The van der Waals surface area contributed by atoms with Crippen LogP contribution in [0, 0.1) is 5.41 Å². The number of carbonyl (C=O) groups is 1. The van der Waals surface area contributed by atoms with Crippen LogP contribution in [0.5, 0.6) is 0 Å². The molecule has 0 heterocycles. The van der Waals surface area contributed by atoms with E-state index in [1.807, 2.05) is 0 Å². The minimum atomic E-state index is -2.50. The molecule has 5 heteroatoms. The van der Waals surface area contributed by atoms with Gasteiger partial charge in [0.05, 0.1) is 6.04 Å². The number of nitrogens with two attached hydrogens (primary N) is 2. The number of hydrogen-bond acceptors (Lipinski definition) is 2. The van der Waals surface area contributed by atoms with E-state index in [-0.39, 0.29) is 6.42 Å². The van der Waals surface area contributed by atoms with Gasteiger partial charge in [-0.1, -0.05) is 13.8 Å². The fraction of sp³-hybridized carbons (Fsp3) is 0.857. The highest BCUT2D eigenvalue weighted by atomic mass is 19.3. The molecule has 1 atom stereocenters. The van der Waals surface area contributed by atoms with Crippen molar-refractivity contribution in [3.05, 3.63) is 0 Å². The molecule has 0 spiro atoms. The summed E-state index contributed by atoms with van der Waals surface area (Å²) < 4.78 is 24.5. The standard InChI is InChI=1S/C7H14F2N2O/c1-7(2,6(8)9)3-4(10)5(11)12/h4,6H,3,10H2,1-2H3,(H2,11,12)/t4-/m1/s1. The largest absolute Gasteiger partial charge is 0.368 e. The van der Waals surface area contributed by atoms with Crippen molar-refractivity contribution < 1.29 is 13.6 Å². The molecular formula is C7H14F2N2O. The highest BCUT2D eigenvalue weighted by molar-refractivity contribution is 5.79. The van der Waals surface area contributed by atoms with Crippen molar-refractivity contribution in [3.8, 4) is 0 Å². The van der Waals surface area contributed by atoms with E-state index in [1.54, 1.807) is 0 Å². The van der Waals surface area contributed by atoms with Crippen LogP contribution in [0.4, 0.5) is 8.78 Å². The number of primary amides is 1. The molecule has 0 aromatic carbocycles. The molecule has 0 aliphatic rings. The Balaban J connectivity index is 4.15. The molecule has 0 unspecified atom stereocenters. The van der Waals surface area contributed by atoms with Gasteiger partial charge in [-0.05, 0) is 6.42 Å². The summed E-state index contributed by atoms with van der Waals surface area (Å²) in [7, 11) is 0. The monoisotopic (exact) mass is 180 g/mol. The van der Waals surface area contributed by atoms with Gasteiger partial charge >= 0.3 is 0 Å². The predicted molar refractivity (Wildman–Crippen MR) is 41.6 cm³/mol. The molecule has 0 rings (SSSR count). The van der Waals surface area contributed by atoms with Crippen molar-refractivity contribution >= 4 is 5.91 Å². The van der Waals surface area contributed by atoms with Crippen LogP contribution in [0.2, 0.25) is 0 Å². The Labute approximate surface area is 70.1 Å². The Kier molecular flexibility index (Phi) is 3.57. The molecule has 4 N–H and O–H groups in total. The second kappa shape index (κ2) is 3.80. The van der Waals surface area contributed by atoms with Crippen molar-refractivity contribution in [2.75, 3.05) is 0 Å². The molecule has 0 fully saturated rings. The zero-order valence-electron chi connectivity index (χ0n) is 7.18. The minimum absolute atomic E-state index is 0.0972. The third kappa shape index (κ3) is 3.13. The first-order valence-electron chi connectivity index (χ1n) is 3.60. The lowest BCUT2D eigenvalue weighted by molar-refractivity contribution is -0.120. The second-order valence-electron chi connectivity index (χ2n) is 3.50. The molecule has 0 aromatic rings. The lowest BCUT2D eigenvalue weighted by atomic mass is 9.86. The Morgan fingerprint density at radius 1 is 1.50 bits per heavy atom. The molecule has 0 aliphatic heterocycles. The number of hydrogen-bond donors (Lipinski definition) is 2. The average molecular weight is 180 g/mol. The molecule has 0 saturated heterocycles. The highest BCUT2D eigenvalue weighted by Crippen LogP contribution is 2.29. The van der Waals surface area contributed by atoms with Crippen LogP contribution in [0.25, 0.3) is 0 Å². The van der Waals surface area contributed by atoms with Crippen LogP contribution in [0.3, 0.4) is 0 Å². The molecule has 0 bridgehead atoms. The minimum Gasteiger partial charge on any atom is -0.368 e. The first-order valence-corrected chi connectivity index (χ1v) is 3.60.